The summed E-state index contributed by atoms with van der Waals surface area (Å²) < 4.78 is 7.56. The van der Waals surface area contributed by atoms with Crippen LogP contribution in [0.15, 0.2) is 59.8 Å². The van der Waals surface area contributed by atoms with Crippen LogP contribution in [-0.2, 0) is 6.54 Å². The first-order chi connectivity index (χ1) is 11.3. The number of aromatic nitrogens is 4. The van der Waals surface area contributed by atoms with Crippen molar-refractivity contribution in [2.75, 3.05) is 12.4 Å². The summed E-state index contributed by atoms with van der Waals surface area (Å²) in [6.07, 6.45) is 0. The third-order valence-corrected chi connectivity index (χ3v) is 4.17. The van der Waals surface area contributed by atoms with Crippen LogP contribution in [0.1, 0.15) is 11.1 Å². The van der Waals surface area contributed by atoms with E-state index >= 15 is 0 Å². The molecule has 0 N–H and O–H groups in total. The van der Waals surface area contributed by atoms with Gasteiger partial charge in [0.15, 0.2) is 0 Å². The van der Waals surface area contributed by atoms with E-state index in [4.69, 9.17) is 4.74 Å². The molecule has 0 aliphatic heterocycles. The first kappa shape index (κ1) is 15.6. The lowest BCUT2D eigenvalue weighted by atomic mass is 10.2. The largest absolute Gasteiger partial charge is 0.493 e. The molecule has 23 heavy (non-hydrogen) atoms. The topological polar surface area (TPSA) is 52.8 Å². The molecule has 3 rings (SSSR count). The van der Waals surface area contributed by atoms with Gasteiger partial charge < -0.3 is 4.74 Å². The lowest BCUT2D eigenvalue weighted by molar-refractivity contribution is 0.343. The molecule has 118 valence electrons. The molecule has 1 aromatic heterocycles. The Bertz CT molecular complexity index is 745. The van der Waals surface area contributed by atoms with E-state index in [1.54, 1.807) is 11.8 Å². The third kappa shape index (κ3) is 4.56. The Balaban J connectivity index is 1.50. The van der Waals surface area contributed by atoms with E-state index < -0.39 is 0 Å². The maximum absolute atomic E-state index is 5.74. The molecule has 6 heteroatoms. The second-order valence-corrected chi connectivity index (χ2v) is 6.18. The number of rotatable bonds is 7. The number of thioether (sulfide) groups is 1. The van der Waals surface area contributed by atoms with Gasteiger partial charge in [-0.25, -0.2) is 4.68 Å². The van der Waals surface area contributed by atoms with Crippen LogP contribution >= 0.6 is 11.8 Å². The van der Waals surface area contributed by atoms with E-state index in [-0.39, 0.29) is 0 Å². The summed E-state index contributed by atoms with van der Waals surface area (Å²) >= 11 is 1.60. The Morgan fingerprint density at radius 1 is 1.09 bits per heavy atom. The first-order valence-electron chi connectivity index (χ1n) is 7.43. The maximum Gasteiger partial charge on any atom is 0.209 e. The average Bonchev–Trinajstić information content (AvgIpc) is 3.00. The fourth-order valence-electron chi connectivity index (χ4n) is 2.15. The van der Waals surface area contributed by atoms with E-state index in [0.29, 0.717) is 13.2 Å². The molecule has 0 saturated heterocycles. The van der Waals surface area contributed by atoms with Crippen molar-refractivity contribution in [1.29, 1.82) is 0 Å². The van der Waals surface area contributed by atoms with Gasteiger partial charge in [0.25, 0.3) is 0 Å². The van der Waals surface area contributed by atoms with Crippen LogP contribution in [0.5, 0.6) is 5.75 Å². The fraction of sp³-hybridized carbons (Fsp3) is 0.235. The summed E-state index contributed by atoms with van der Waals surface area (Å²) in [7, 11) is 0. The van der Waals surface area contributed by atoms with Crippen molar-refractivity contribution >= 4 is 11.8 Å². The number of tetrazole rings is 1. The van der Waals surface area contributed by atoms with E-state index in [0.717, 1.165) is 16.7 Å². The summed E-state index contributed by atoms with van der Waals surface area (Å²) in [5, 5.41) is 12.7. The van der Waals surface area contributed by atoms with Gasteiger partial charge >= 0.3 is 0 Å². The lowest BCUT2D eigenvalue weighted by Crippen LogP contribution is -2.06. The molecule has 2 aromatic carbocycles. The van der Waals surface area contributed by atoms with Gasteiger partial charge in [0, 0.05) is 5.75 Å². The lowest BCUT2D eigenvalue weighted by Gasteiger charge is -2.07. The van der Waals surface area contributed by atoms with Crippen molar-refractivity contribution < 1.29 is 4.74 Å². The zero-order chi connectivity index (χ0) is 15.9. The Hall–Kier alpha value is -2.34. The average molecular weight is 326 g/mol. The fourth-order valence-corrected chi connectivity index (χ4v) is 2.85. The van der Waals surface area contributed by atoms with Gasteiger partial charge in [0.05, 0.1) is 13.2 Å². The van der Waals surface area contributed by atoms with Crippen LogP contribution < -0.4 is 4.74 Å². The van der Waals surface area contributed by atoms with Crippen LogP contribution in [-0.4, -0.2) is 32.6 Å². The number of ether oxygens (including phenoxy) is 1. The molecule has 0 bridgehead atoms. The molecule has 3 aromatic rings. The molecule has 5 nitrogen and oxygen atoms in total. The van der Waals surface area contributed by atoms with E-state index in [9.17, 15) is 0 Å². The van der Waals surface area contributed by atoms with Crippen LogP contribution in [0, 0.1) is 6.92 Å². The molecular weight excluding hydrogens is 308 g/mol. The van der Waals surface area contributed by atoms with Crippen molar-refractivity contribution in [3.8, 4) is 5.75 Å². The Kier molecular flexibility index (Phi) is 5.26. The predicted molar refractivity (Wildman–Crippen MR) is 90.8 cm³/mol. The van der Waals surface area contributed by atoms with Crippen LogP contribution in [0.25, 0.3) is 0 Å². The van der Waals surface area contributed by atoms with Crippen molar-refractivity contribution in [3.63, 3.8) is 0 Å². The number of aryl methyl sites for hydroxylation is 1. The summed E-state index contributed by atoms with van der Waals surface area (Å²) in [5.41, 5.74) is 2.37. The van der Waals surface area contributed by atoms with Gasteiger partial charge in [0.2, 0.25) is 5.16 Å². The first-order valence-corrected chi connectivity index (χ1v) is 8.42. The molecular formula is C17H18N4OS. The highest BCUT2D eigenvalue weighted by atomic mass is 32.2. The molecule has 0 amide bonds. The number of benzene rings is 2. The molecule has 0 aliphatic rings. The molecule has 0 aliphatic carbocycles. The van der Waals surface area contributed by atoms with Crippen molar-refractivity contribution in [3.05, 3.63) is 65.7 Å². The van der Waals surface area contributed by atoms with E-state index in [1.165, 1.54) is 11.1 Å². The Labute approximate surface area is 139 Å². The van der Waals surface area contributed by atoms with Crippen LogP contribution in [0.2, 0.25) is 0 Å². The van der Waals surface area contributed by atoms with Crippen molar-refractivity contribution in [2.24, 2.45) is 0 Å². The van der Waals surface area contributed by atoms with Gasteiger partial charge in [-0.1, -0.05) is 54.2 Å². The highest BCUT2D eigenvalue weighted by Gasteiger charge is 2.07. The summed E-state index contributed by atoms with van der Waals surface area (Å²) in [6, 6.07) is 18.2. The van der Waals surface area contributed by atoms with Crippen LogP contribution in [0.4, 0.5) is 0 Å². The van der Waals surface area contributed by atoms with Crippen LogP contribution in [0.3, 0.4) is 0 Å². The minimum atomic E-state index is 0.617. The van der Waals surface area contributed by atoms with Crippen molar-refractivity contribution in [1.82, 2.24) is 20.2 Å². The van der Waals surface area contributed by atoms with Gasteiger partial charge in [0.1, 0.15) is 5.75 Å². The molecule has 0 unspecified atom stereocenters. The summed E-state index contributed by atoms with van der Waals surface area (Å²) in [4.78, 5) is 0. The van der Waals surface area contributed by atoms with Crippen molar-refractivity contribution in [2.45, 2.75) is 18.6 Å². The quantitative estimate of drug-likeness (QED) is 0.493. The van der Waals surface area contributed by atoms with E-state index in [1.807, 2.05) is 41.1 Å². The van der Waals surface area contributed by atoms with Gasteiger partial charge in [-0.05, 0) is 40.6 Å². The molecule has 0 fully saturated rings. The predicted octanol–water partition coefficient (Wildman–Crippen LogP) is 3.20. The molecule has 0 spiro atoms. The maximum atomic E-state index is 5.74. The molecule has 0 radical (unpaired) electrons. The molecule has 0 atom stereocenters. The van der Waals surface area contributed by atoms with Gasteiger partial charge in [-0.15, -0.1) is 5.10 Å². The summed E-state index contributed by atoms with van der Waals surface area (Å²) in [6.45, 7) is 3.35. The zero-order valence-corrected chi connectivity index (χ0v) is 13.7. The summed E-state index contributed by atoms with van der Waals surface area (Å²) in [5.74, 6) is 1.69. The van der Waals surface area contributed by atoms with E-state index in [2.05, 4.69) is 40.6 Å². The number of nitrogens with zero attached hydrogens (tertiary/aromatic N) is 4. The minimum Gasteiger partial charge on any atom is -0.493 e. The molecule has 0 saturated carbocycles. The van der Waals surface area contributed by atoms with Gasteiger partial charge in [-0.3, -0.25) is 0 Å². The minimum absolute atomic E-state index is 0.617. The SMILES string of the molecule is Cc1cccc(OCCSc2nnnn2Cc2ccccc2)c1. The Morgan fingerprint density at radius 2 is 1.96 bits per heavy atom. The third-order valence-electron chi connectivity index (χ3n) is 3.25. The smallest absolute Gasteiger partial charge is 0.209 e. The normalized spacial score (nSPS) is 10.7. The Morgan fingerprint density at radius 3 is 2.78 bits per heavy atom. The number of hydrogen-bond donors (Lipinski definition) is 0. The standard InChI is InChI=1S/C17H18N4OS/c1-14-6-5-9-16(12-14)22-10-11-23-17-18-19-20-21(17)13-15-7-3-2-4-8-15/h2-9,12H,10-11,13H2,1H3. The highest BCUT2D eigenvalue weighted by molar-refractivity contribution is 7.99. The molecule has 1 heterocycles. The zero-order valence-electron chi connectivity index (χ0n) is 12.9. The highest BCUT2D eigenvalue weighted by Crippen LogP contribution is 2.17. The monoisotopic (exact) mass is 326 g/mol. The second-order valence-electron chi connectivity index (χ2n) is 5.12. The number of hydrogen-bond acceptors (Lipinski definition) is 5. The second kappa shape index (κ2) is 7.78. The van der Waals surface area contributed by atoms with Gasteiger partial charge in [-0.2, -0.15) is 0 Å².